The SMILES string of the molecule is CN=C(NCCCN1CCN(Cc2ccccc2)CC1)NC1CC1.I. The molecule has 0 amide bonds. The zero-order valence-corrected chi connectivity index (χ0v) is 17.6. The highest BCUT2D eigenvalue weighted by molar-refractivity contribution is 14.0. The molecule has 1 aliphatic carbocycles. The molecule has 1 saturated carbocycles. The summed E-state index contributed by atoms with van der Waals surface area (Å²) in [6, 6.07) is 11.5. The Labute approximate surface area is 169 Å². The van der Waals surface area contributed by atoms with Crippen molar-refractivity contribution < 1.29 is 0 Å². The zero-order valence-electron chi connectivity index (χ0n) is 15.3. The number of halogens is 1. The highest BCUT2D eigenvalue weighted by Gasteiger charge is 2.22. The Kier molecular flexibility index (Phi) is 8.98. The van der Waals surface area contributed by atoms with Gasteiger partial charge < -0.3 is 15.5 Å². The van der Waals surface area contributed by atoms with E-state index in [2.05, 4.69) is 55.8 Å². The second kappa shape index (κ2) is 11.0. The summed E-state index contributed by atoms with van der Waals surface area (Å²) in [5, 5.41) is 6.85. The number of rotatable bonds is 7. The molecule has 1 aromatic carbocycles. The van der Waals surface area contributed by atoms with E-state index in [0.29, 0.717) is 6.04 Å². The molecule has 5 nitrogen and oxygen atoms in total. The first-order valence-corrected chi connectivity index (χ1v) is 9.29. The number of aliphatic imine (C=N–C) groups is 1. The molecule has 0 spiro atoms. The van der Waals surface area contributed by atoms with Crippen LogP contribution in [-0.2, 0) is 6.54 Å². The summed E-state index contributed by atoms with van der Waals surface area (Å²) in [6.07, 6.45) is 3.74. The minimum Gasteiger partial charge on any atom is -0.356 e. The Morgan fingerprint density at radius 2 is 1.76 bits per heavy atom. The maximum atomic E-state index is 4.28. The molecule has 2 fully saturated rings. The van der Waals surface area contributed by atoms with Crippen molar-refractivity contribution in [1.29, 1.82) is 0 Å². The van der Waals surface area contributed by atoms with E-state index in [0.717, 1.165) is 19.0 Å². The summed E-state index contributed by atoms with van der Waals surface area (Å²) in [6.45, 7) is 7.97. The van der Waals surface area contributed by atoms with Crippen LogP contribution in [0.5, 0.6) is 0 Å². The first kappa shape index (κ1) is 20.5. The monoisotopic (exact) mass is 457 g/mol. The van der Waals surface area contributed by atoms with Crippen LogP contribution in [0.4, 0.5) is 0 Å². The average molecular weight is 457 g/mol. The average Bonchev–Trinajstić information content (AvgIpc) is 3.44. The molecule has 0 unspecified atom stereocenters. The Morgan fingerprint density at radius 3 is 2.40 bits per heavy atom. The molecule has 0 aromatic heterocycles. The van der Waals surface area contributed by atoms with Gasteiger partial charge in [0.1, 0.15) is 0 Å². The summed E-state index contributed by atoms with van der Waals surface area (Å²) in [5.41, 5.74) is 1.42. The third kappa shape index (κ3) is 7.50. The fourth-order valence-corrected chi connectivity index (χ4v) is 3.14. The lowest BCUT2D eigenvalue weighted by molar-refractivity contribution is 0.126. The van der Waals surface area contributed by atoms with E-state index in [1.165, 1.54) is 57.5 Å². The molecular weight excluding hydrogens is 425 g/mol. The molecule has 1 heterocycles. The van der Waals surface area contributed by atoms with Gasteiger partial charge in [-0.1, -0.05) is 30.3 Å². The largest absolute Gasteiger partial charge is 0.356 e. The van der Waals surface area contributed by atoms with Crippen LogP contribution in [0.2, 0.25) is 0 Å². The first-order chi connectivity index (χ1) is 11.8. The molecule has 1 aliphatic heterocycles. The van der Waals surface area contributed by atoms with Crippen molar-refractivity contribution in [2.45, 2.75) is 31.8 Å². The predicted octanol–water partition coefficient (Wildman–Crippen LogP) is 2.14. The first-order valence-electron chi connectivity index (χ1n) is 9.29. The van der Waals surface area contributed by atoms with Crippen molar-refractivity contribution in [1.82, 2.24) is 20.4 Å². The van der Waals surface area contributed by atoms with Gasteiger partial charge in [-0.2, -0.15) is 0 Å². The number of nitrogens with zero attached hydrogens (tertiary/aromatic N) is 3. The van der Waals surface area contributed by atoms with Crippen LogP contribution in [0.25, 0.3) is 0 Å². The van der Waals surface area contributed by atoms with E-state index in [-0.39, 0.29) is 24.0 Å². The second-order valence-electron chi connectivity index (χ2n) is 6.87. The molecule has 3 rings (SSSR count). The lowest BCUT2D eigenvalue weighted by Crippen LogP contribution is -2.46. The van der Waals surface area contributed by atoms with Crippen LogP contribution in [0.1, 0.15) is 24.8 Å². The summed E-state index contributed by atoms with van der Waals surface area (Å²) >= 11 is 0. The summed E-state index contributed by atoms with van der Waals surface area (Å²) in [7, 11) is 1.85. The minimum absolute atomic E-state index is 0. The fourth-order valence-electron chi connectivity index (χ4n) is 3.14. The molecule has 6 heteroatoms. The molecule has 25 heavy (non-hydrogen) atoms. The molecular formula is C19H32IN5. The molecule has 140 valence electrons. The van der Waals surface area contributed by atoms with E-state index < -0.39 is 0 Å². The van der Waals surface area contributed by atoms with E-state index in [1.54, 1.807) is 0 Å². The van der Waals surface area contributed by atoms with Crippen LogP contribution >= 0.6 is 24.0 Å². The number of benzene rings is 1. The highest BCUT2D eigenvalue weighted by atomic mass is 127. The molecule has 1 saturated heterocycles. The lowest BCUT2D eigenvalue weighted by Gasteiger charge is -2.34. The van der Waals surface area contributed by atoms with Gasteiger partial charge in [-0.25, -0.2) is 0 Å². The fraction of sp³-hybridized carbons (Fsp3) is 0.632. The number of hydrogen-bond donors (Lipinski definition) is 2. The van der Waals surface area contributed by atoms with E-state index in [9.17, 15) is 0 Å². The summed E-state index contributed by atoms with van der Waals surface area (Å²) < 4.78 is 0. The maximum absolute atomic E-state index is 4.28. The van der Waals surface area contributed by atoms with Crippen molar-refractivity contribution in [3.63, 3.8) is 0 Å². The van der Waals surface area contributed by atoms with Gasteiger partial charge in [0.25, 0.3) is 0 Å². The van der Waals surface area contributed by atoms with Gasteiger partial charge in [0.05, 0.1) is 0 Å². The molecule has 1 aromatic rings. The number of piperazine rings is 1. The number of nitrogens with one attached hydrogen (secondary N) is 2. The van der Waals surface area contributed by atoms with Crippen molar-refractivity contribution in [2.24, 2.45) is 4.99 Å². The normalized spacial score (nSPS) is 19.3. The van der Waals surface area contributed by atoms with Crippen molar-refractivity contribution >= 4 is 29.9 Å². The van der Waals surface area contributed by atoms with Crippen LogP contribution < -0.4 is 10.6 Å². The van der Waals surface area contributed by atoms with Crippen LogP contribution in [0.15, 0.2) is 35.3 Å². The van der Waals surface area contributed by atoms with Crippen LogP contribution in [0.3, 0.4) is 0 Å². The van der Waals surface area contributed by atoms with Crippen LogP contribution in [0, 0.1) is 0 Å². The Bertz CT molecular complexity index is 510. The molecule has 0 bridgehead atoms. The van der Waals surface area contributed by atoms with E-state index in [1.807, 2.05) is 7.05 Å². The van der Waals surface area contributed by atoms with Crippen molar-refractivity contribution in [3.05, 3.63) is 35.9 Å². The predicted molar refractivity (Wildman–Crippen MR) is 116 cm³/mol. The third-order valence-corrected chi connectivity index (χ3v) is 4.80. The molecule has 2 aliphatic rings. The van der Waals surface area contributed by atoms with Crippen molar-refractivity contribution in [3.8, 4) is 0 Å². The van der Waals surface area contributed by atoms with Gasteiger partial charge in [-0.15, -0.1) is 24.0 Å². The second-order valence-corrected chi connectivity index (χ2v) is 6.87. The van der Waals surface area contributed by atoms with E-state index >= 15 is 0 Å². The van der Waals surface area contributed by atoms with Gasteiger partial charge in [-0.05, 0) is 31.4 Å². The van der Waals surface area contributed by atoms with Gasteiger partial charge in [0, 0.05) is 52.4 Å². The Morgan fingerprint density at radius 1 is 1.08 bits per heavy atom. The maximum Gasteiger partial charge on any atom is 0.191 e. The third-order valence-electron chi connectivity index (χ3n) is 4.80. The van der Waals surface area contributed by atoms with Crippen LogP contribution in [-0.4, -0.2) is 68.1 Å². The van der Waals surface area contributed by atoms with Gasteiger partial charge in [0.15, 0.2) is 5.96 Å². The summed E-state index contributed by atoms with van der Waals surface area (Å²) in [5.74, 6) is 0.963. The van der Waals surface area contributed by atoms with Crippen molar-refractivity contribution in [2.75, 3.05) is 46.3 Å². The molecule has 0 atom stereocenters. The highest BCUT2D eigenvalue weighted by Crippen LogP contribution is 2.18. The van der Waals surface area contributed by atoms with E-state index in [4.69, 9.17) is 0 Å². The standard InChI is InChI=1S/C19H31N5.HI/c1-20-19(22-18-8-9-18)21-10-5-11-23-12-14-24(15-13-23)16-17-6-3-2-4-7-17;/h2-4,6-7,18H,5,8-16H2,1H3,(H2,20,21,22);1H. The quantitative estimate of drug-likeness (QED) is 0.285. The summed E-state index contributed by atoms with van der Waals surface area (Å²) in [4.78, 5) is 9.42. The molecule has 2 N–H and O–H groups in total. The minimum atomic E-state index is 0. The van der Waals surface area contributed by atoms with Gasteiger partial charge >= 0.3 is 0 Å². The number of guanidine groups is 1. The topological polar surface area (TPSA) is 42.9 Å². The van der Waals surface area contributed by atoms with Gasteiger partial charge in [0.2, 0.25) is 0 Å². The Balaban J connectivity index is 0.00000225. The lowest BCUT2D eigenvalue weighted by atomic mass is 10.2. The number of hydrogen-bond acceptors (Lipinski definition) is 3. The molecule has 0 radical (unpaired) electrons. The Hall–Kier alpha value is -0.860. The zero-order chi connectivity index (χ0) is 16.6. The van der Waals surface area contributed by atoms with Gasteiger partial charge in [-0.3, -0.25) is 9.89 Å². The smallest absolute Gasteiger partial charge is 0.191 e.